The van der Waals surface area contributed by atoms with Crippen molar-refractivity contribution in [3.05, 3.63) is 33.5 Å². The van der Waals surface area contributed by atoms with Crippen LogP contribution in [0.1, 0.15) is 29.8 Å². The molecule has 0 heterocycles. The maximum atomic E-state index is 13.9. The van der Waals surface area contributed by atoms with Gasteiger partial charge < -0.3 is 4.90 Å². The van der Waals surface area contributed by atoms with Crippen molar-refractivity contribution in [2.45, 2.75) is 20.0 Å². The summed E-state index contributed by atoms with van der Waals surface area (Å²) in [5.41, 5.74) is -2.02. The van der Waals surface area contributed by atoms with E-state index in [1.54, 1.807) is 13.8 Å². The van der Waals surface area contributed by atoms with Crippen LogP contribution in [-0.2, 0) is 6.18 Å². The number of amides is 1. The van der Waals surface area contributed by atoms with Gasteiger partial charge in [-0.3, -0.25) is 4.79 Å². The molecule has 19 heavy (non-hydrogen) atoms. The summed E-state index contributed by atoms with van der Waals surface area (Å²) in [7, 11) is 0. The van der Waals surface area contributed by atoms with E-state index in [2.05, 4.69) is 15.9 Å². The summed E-state index contributed by atoms with van der Waals surface area (Å²) in [4.78, 5) is 13.3. The highest BCUT2D eigenvalue weighted by atomic mass is 79.9. The third-order valence-corrected chi connectivity index (χ3v) is 3.32. The molecule has 1 aromatic carbocycles. The molecule has 0 aliphatic rings. The second kappa shape index (κ2) is 5.90. The number of halogens is 5. The smallest absolute Gasteiger partial charge is 0.339 e. The number of hydrogen-bond acceptors (Lipinski definition) is 1. The van der Waals surface area contributed by atoms with Crippen molar-refractivity contribution in [1.29, 1.82) is 0 Å². The van der Waals surface area contributed by atoms with Gasteiger partial charge in [0.25, 0.3) is 5.91 Å². The molecule has 0 radical (unpaired) electrons. The molecule has 0 fully saturated rings. The van der Waals surface area contributed by atoms with Gasteiger partial charge in [0.05, 0.1) is 11.1 Å². The maximum absolute atomic E-state index is 13.9. The van der Waals surface area contributed by atoms with Crippen LogP contribution in [0.25, 0.3) is 0 Å². The Labute approximate surface area is 116 Å². The Balaban J connectivity index is 3.39. The van der Waals surface area contributed by atoms with E-state index in [-0.39, 0.29) is 17.6 Å². The fourth-order valence-corrected chi connectivity index (χ4v) is 2.11. The summed E-state index contributed by atoms with van der Waals surface area (Å²) in [6, 6.07) is 1.64. The van der Waals surface area contributed by atoms with Gasteiger partial charge in [-0.25, -0.2) is 4.39 Å². The lowest BCUT2D eigenvalue weighted by Crippen LogP contribution is -2.32. The van der Waals surface area contributed by atoms with Crippen molar-refractivity contribution in [3.63, 3.8) is 0 Å². The predicted molar refractivity (Wildman–Crippen MR) is 66.4 cm³/mol. The lowest BCUT2D eigenvalue weighted by atomic mass is 10.1. The van der Waals surface area contributed by atoms with Gasteiger partial charge in [-0.05, 0) is 41.9 Å². The SMILES string of the molecule is CCN(CC)C(=O)c1c(Br)ccc(C(F)(F)F)c1F. The molecule has 0 atom stereocenters. The van der Waals surface area contributed by atoms with E-state index in [9.17, 15) is 22.4 Å². The van der Waals surface area contributed by atoms with Crippen LogP contribution >= 0.6 is 15.9 Å². The van der Waals surface area contributed by atoms with E-state index >= 15 is 0 Å². The van der Waals surface area contributed by atoms with Crippen molar-refractivity contribution >= 4 is 21.8 Å². The summed E-state index contributed by atoms with van der Waals surface area (Å²) >= 11 is 2.92. The lowest BCUT2D eigenvalue weighted by Gasteiger charge is -2.20. The first kappa shape index (κ1) is 15.9. The molecule has 106 valence electrons. The standard InChI is InChI=1S/C12H12BrF4NO/c1-3-18(4-2)11(19)9-8(13)6-5-7(10(9)14)12(15,16)17/h5-6H,3-4H2,1-2H3. The summed E-state index contributed by atoms with van der Waals surface area (Å²) in [5, 5.41) is 0. The first-order chi connectivity index (χ1) is 8.73. The minimum absolute atomic E-state index is 0.00917. The average molecular weight is 342 g/mol. The highest BCUT2D eigenvalue weighted by molar-refractivity contribution is 9.10. The molecule has 1 rings (SSSR count). The molecule has 0 spiro atoms. The molecule has 0 unspecified atom stereocenters. The zero-order chi connectivity index (χ0) is 14.8. The monoisotopic (exact) mass is 341 g/mol. The number of carbonyl (C=O) groups excluding carboxylic acids is 1. The van der Waals surface area contributed by atoms with Gasteiger partial charge >= 0.3 is 6.18 Å². The number of alkyl halides is 3. The third kappa shape index (κ3) is 3.26. The van der Waals surface area contributed by atoms with Crippen LogP contribution in [0.5, 0.6) is 0 Å². The predicted octanol–water partition coefficient (Wildman–Crippen LogP) is 4.09. The highest BCUT2D eigenvalue weighted by Crippen LogP contribution is 2.35. The molecule has 7 heteroatoms. The van der Waals surface area contributed by atoms with Gasteiger partial charge in [0, 0.05) is 17.6 Å². The molecular weight excluding hydrogens is 330 g/mol. The zero-order valence-electron chi connectivity index (χ0n) is 10.3. The van der Waals surface area contributed by atoms with E-state index in [4.69, 9.17) is 0 Å². The minimum atomic E-state index is -4.83. The topological polar surface area (TPSA) is 20.3 Å². The number of hydrogen-bond donors (Lipinski definition) is 0. The molecule has 1 amide bonds. The second-order valence-corrected chi connectivity index (χ2v) is 4.61. The molecule has 0 aliphatic heterocycles. The van der Waals surface area contributed by atoms with Crippen LogP contribution in [0.3, 0.4) is 0 Å². The van der Waals surface area contributed by atoms with E-state index in [0.717, 1.165) is 6.07 Å². The molecule has 0 saturated carbocycles. The number of carbonyl (C=O) groups is 1. The van der Waals surface area contributed by atoms with Crippen molar-refractivity contribution in [2.75, 3.05) is 13.1 Å². The molecule has 2 nitrogen and oxygen atoms in total. The van der Waals surface area contributed by atoms with Crippen molar-refractivity contribution in [2.24, 2.45) is 0 Å². The second-order valence-electron chi connectivity index (χ2n) is 3.76. The van der Waals surface area contributed by atoms with Crippen LogP contribution in [-0.4, -0.2) is 23.9 Å². The quantitative estimate of drug-likeness (QED) is 0.758. The van der Waals surface area contributed by atoms with Crippen LogP contribution in [0.2, 0.25) is 0 Å². The molecule has 0 aromatic heterocycles. The van der Waals surface area contributed by atoms with E-state index < -0.39 is 29.0 Å². The Morgan fingerprint density at radius 3 is 2.21 bits per heavy atom. The summed E-state index contributed by atoms with van der Waals surface area (Å²) in [5.74, 6) is -2.31. The molecule has 0 N–H and O–H groups in total. The first-order valence-electron chi connectivity index (χ1n) is 5.58. The molecule has 1 aromatic rings. The van der Waals surface area contributed by atoms with Crippen molar-refractivity contribution < 1.29 is 22.4 Å². The summed E-state index contributed by atoms with van der Waals surface area (Å²) in [6.07, 6.45) is -4.83. The minimum Gasteiger partial charge on any atom is -0.339 e. The Bertz CT molecular complexity index is 483. The fraction of sp³-hybridized carbons (Fsp3) is 0.417. The number of rotatable bonds is 3. The number of benzene rings is 1. The van der Waals surface area contributed by atoms with Crippen molar-refractivity contribution in [3.8, 4) is 0 Å². The third-order valence-electron chi connectivity index (χ3n) is 2.66. The molecule has 0 aliphatic carbocycles. The van der Waals surface area contributed by atoms with E-state index in [1.165, 1.54) is 4.90 Å². The summed E-state index contributed by atoms with van der Waals surface area (Å²) < 4.78 is 51.7. The Morgan fingerprint density at radius 1 is 1.26 bits per heavy atom. The van der Waals surface area contributed by atoms with E-state index in [1.807, 2.05) is 0 Å². The molecule has 0 bridgehead atoms. The van der Waals surface area contributed by atoms with Gasteiger partial charge in [0.2, 0.25) is 0 Å². The van der Waals surface area contributed by atoms with Crippen LogP contribution in [0, 0.1) is 5.82 Å². The Hall–Kier alpha value is -1.11. The van der Waals surface area contributed by atoms with Gasteiger partial charge in [-0.15, -0.1) is 0 Å². The Kier molecular flexibility index (Phi) is 4.95. The molecule has 0 saturated heterocycles. The Morgan fingerprint density at radius 2 is 1.79 bits per heavy atom. The lowest BCUT2D eigenvalue weighted by molar-refractivity contribution is -0.140. The number of nitrogens with zero attached hydrogens (tertiary/aromatic N) is 1. The van der Waals surface area contributed by atoms with E-state index in [0.29, 0.717) is 6.07 Å². The zero-order valence-corrected chi connectivity index (χ0v) is 11.9. The maximum Gasteiger partial charge on any atom is 0.419 e. The largest absolute Gasteiger partial charge is 0.419 e. The highest BCUT2D eigenvalue weighted by Gasteiger charge is 2.37. The first-order valence-corrected chi connectivity index (χ1v) is 6.37. The van der Waals surface area contributed by atoms with Crippen LogP contribution < -0.4 is 0 Å². The van der Waals surface area contributed by atoms with Crippen LogP contribution in [0.15, 0.2) is 16.6 Å². The van der Waals surface area contributed by atoms with Crippen molar-refractivity contribution in [1.82, 2.24) is 4.90 Å². The van der Waals surface area contributed by atoms with Crippen LogP contribution in [0.4, 0.5) is 17.6 Å². The summed E-state index contributed by atoms with van der Waals surface area (Å²) in [6.45, 7) is 3.91. The van der Waals surface area contributed by atoms with Gasteiger partial charge in [0.15, 0.2) is 0 Å². The van der Waals surface area contributed by atoms with Gasteiger partial charge in [-0.1, -0.05) is 0 Å². The normalized spacial score (nSPS) is 11.5. The molecular formula is C12H12BrF4NO. The fourth-order valence-electron chi connectivity index (χ4n) is 1.64. The average Bonchev–Trinajstić information content (AvgIpc) is 2.28. The van der Waals surface area contributed by atoms with Gasteiger partial charge in [-0.2, -0.15) is 13.2 Å². The van der Waals surface area contributed by atoms with Gasteiger partial charge in [0.1, 0.15) is 5.82 Å².